The second-order valence-electron chi connectivity index (χ2n) is 7.47. The van der Waals surface area contributed by atoms with Crippen molar-refractivity contribution >= 4 is 37.5 Å². The molecule has 2 aromatic carbocycles. The number of sulfonamides is 1. The molecular formula is C22H27BrN2O4S. The SMILES string of the molecule is CCc1cc(Br)cc(CC)c1NC(=O)COc1ccc(S(=O)(=O)NC2CC2)cc1C. The number of hydrogen-bond donors (Lipinski definition) is 2. The second kappa shape index (κ2) is 9.49. The van der Waals surface area contributed by atoms with Gasteiger partial charge in [-0.05, 0) is 79.6 Å². The number of hydrogen-bond acceptors (Lipinski definition) is 4. The Balaban J connectivity index is 1.67. The topological polar surface area (TPSA) is 84.5 Å². The zero-order chi connectivity index (χ0) is 21.9. The lowest BCUT2D eigenvalue weighted by molar-refractivity contribution is -0.118. The van der Waals surface area contributed by atoms with Crippen LogP contribution in [0.25, 0.3) is 0 Å². The van der Waals surface area contributed by atoms with Crippen LogP contribution in [-0.2, 0) is 27.7 Å². The van der Waals surface area contributed by atoms with E-state index in [4.69, 9.17) is 4.74 Å². The average molecular weight is 495 g/mol. The van der Waals surface area contributed by atoms with E-state index in [1.807, 2.05) is 26.0 Å². The summed E-state index contributed by atoms with van der Waals surface area (Å²) in [6.07, 6.45) is 3.36. The van der Waals surface area contributed by atoms with Gasteiger partial charge in [0.1, 0.15) is 5.75 Å². The van der Waals surface area contributed by atoms with Gasteiger partial charge < -0.3 is 10.1 Å². The quantitative estimate of drug-likeness (QED) is 0.542. The summed E-state index contributed by atoms with van der Waals surface area (Å²) >= 11 is 3.52. The minimum Gasteiger partial charge on any atom is -0.483 e. The van der Waals surface area contributed by atoms with E-state index in [0.29, 0.717) is 11.3 Å². The Morgan fingerprint density at radius 1 is 1.13 bits per heavy atom. The average Bonchev–Trinajstić information content (AvgIpc) is 3.51. The molecule has 6 nitrogen and oxygen atoms in total. The van der Waals surface area contributed by atoms with Crippen LogP contribution in [0.15, 0.2) is 39.7 Å². The van der Waals surface area contributed by atoms with Gasteiger partial charge in [-0.2, -0.15) is 0 Å². The Bertz CT molecular complexity index is 1020. The van der Waals surface area contributed by atoms with Crippen molar-refractivity contribution in [3.05, 3.63) is 51.5 Å². The van der Waals surface area contributed by atoms with Crippen molar-refractivity contribution in [2.75, 3.05) is 11.9 Å². The highest BCUT2D eigenvalue weighted by Gasteiger charge is 2.28. The molecule has 0 radical (unpaired) electrons. The first kappa shape index (κ1) is 22.8. The molecule has 0 atom stereocenters. The Labute approximate surface area is 186 Å². The Kier molecular flexibility index (Phi) is 7.21. The van der Waals surface area contributed by atoms with E-state index >= 15 is 0 Å². The van der Waals surface area contributed by atoms with Crippen LogP contribution in [0.3, 0.4) is 0 Å². The molecule has 0 saturated heterocycles. The molecule has 1 aliphatic carbocycles. The van der Waals surface area contributed by atoms with Crippen molar-refractivity contribution < 1.29 is 17.9 Å². The maximum Gasteiger partial charge on any atom is 0.262 e. The lowest BCUT2D eigenvalue weighted by Crippen LogP contribution is -2.25. The number of carbonyl (C=O) groups is 1. The molecule has 1 amide bonds. The predicted molar refractivity (Wildman–Crippen MR) is 122 cm³/mol. The minimum atomic E-state index is -3.52. The van der Waals surface area contributed by atoms with Gasteiger partial charge in [-0.1, -0.05) is 29.8 Å². The molecule has 162 valence electrons. The van der Waals surface area contributed by atoms with Gasteiger partial charge >= 0.3 is 0 Å². The third-order valence-corrected chi connectivity index (χ3v) is 6.98. The molecule has 0 spiro atoms. The third-order valence-electron chi connectivity index (χ3n) is 5.01. The fourth-order valence-electron chi connectivity index (χ4n) is 3.20. The van der Waals surface area contributed by atoms with Gasteiger partial charge in [-0.15, -0.1) is 0 Å². The van der Waals surface area contributed by atoms with Crippen LogP contribution in [0.5, 0.6) is 5.75 Å². The van der Waals surface area contributed by atoms with E-state index < -0.39 is 10.0 Å². The summed E-state index contributed by atoms with van der Waals surface area (Å²) in [4.78, 5) is 12.7. The molecule has 0 aromatic heterocycles. The lowest BCUT2D eigenvalue weighted by Gasteiger charge is -2.16. The van der Waals surface area contributed by atoms with Gasteiger partial charge in [0.25, 0.3) is 5.91 Å². The number of halogens is 1. The first-order valence-electron chi connectivity index (χ1n) is 10.1. The van der Waals surface area contributed by atoms with Gasteiger partial charge in [-0.25, -0.2) is 13.1 Å². The number of aryl methyl sites for hydroxylation is 3. The van der Waals surface area contributed by atoms with Crippen LogP contribution in [0.4, 0.5) is 5.69 Å². The van der Waals surface area contributed by atoms with Crippen molar-refractivity contribution in [2.45, 2.75) is 57.4 Å². The number of amides is 1. The van der Waals surface area contributed by atoms with E-state index in [2.05, 4.69) is 26.0 Å². The fourth-order valence-corrected chi connectivity index (χ4v) is 5.14. The maximum absolute atomic E-state index is 12.5. The van der Waals surface area contributed by atoms with Crippen LogP contribution < -0.4 is 14.8 Å². The van der Waals surface area contributed by atoms with E-state index in [0.717, 1.165) is 47.0 Å². The highest BCUT2D eigenvalue weighted by molar-refractivity contribution is 9.10. The summed E-state index contributed by atoms with van der Waals surface area (Å²) in [7, 11) is -3.52. The molecule has 30 heavy (non-hydrogen) atoms. The lowest BCUT2D eigenvalue weighted by atomic mass is 10.0. The molecule has 2 aromatic rings. The standard InChI is InChI=1S/C22H27BrN2O4S/c1-4-15-11-17(23)12-16(5-2)22(15)24-21(26)13-29-20-9-8-19(10-14(20)3)30(27,28)25-18-6-7-18/h8-12,18,25H,4-7,13H2,1-3H3,(H,24,26). The smallest absolute Gasteiger partial charge is 0.262 e. The minimum absolute atomic E-state index is 0.0505. The summed E-state index contributed by atoms with van der Waals surface area (Å²) < 4.78 is 34.0. The van der Waals surface area contributed by atoms with Crippen molar-refractivity contribution in [3.63, 3.8) is 0 Å². The van der Waals surface area contributed by atoms with E-state index in [1.54, 1.807) is 19.1 Å². The van der Waals surface area contributed by atoms with Crippen LogP contribution in [0.1, 0.15) is 43.4 Å². The van der Waals surface area contributed by atoms with Crippen LogP contribution in [0, 0.1) is 6.92 Å². The summed E-state index contributed by atoms with van der Waals surface area (Å²) in [6, 6.07) is 8.73. The second-order valence-corrected chi connectivity index (χ2v) is 10.1. The number of anilines is 1. The molecular weight excluding hydrogens is 468 g/mol. The first-order valence-corrected chi connectivity index (χ1v) is 12.4. The fraction of sp³-hybridized carbons (Fsp3) is 0.409. The largest absolute Gasteiger partial charge is 0.483 e. The molecule has 8 heteroatoms. The molecule has 0 unspecified atom stereocenters. The molecule has 1 fully saturated rings. The van der Waals surface area contributed by atoms with Crippen molar-refractivity contribution in [2.24, 2.45) is 0 Å². The van der Waals surface area contributed by atoms with Crippen molar-refractivity contribution in [1.29, 1.82) is 0 Å². The molecule has 0 aliphatic heterocycles. The summed E-state index contributed by atoms with van der Waals surface area (Å²) in [5, 5.41) is 2.97. The molecule has 1 aliphatic rings. The van der Waals surface area contributed by atoms with Gasteiger partial charge in [0.05, 0.1) is 4.90 Å². The number of nitrogens with one attached hydrogen (secondary N) is 2. The first-order chi connectivity index (χ1) is 14.2. The maximum atomic E-state index is 12.5. The van der Waals surface area contributed by atoms with E-state index in [9.17, 15) is 13.2 Å². The Morgan fingerprint density at radius 2 is 1.77 bits per heavy atom. The number of rotatable bonds is 9. The molecule has 2 N–H and O–H groups in total. The van der Waals surface area contributed by atoms with E-state index in [-0.39, 0.29) is 23.5 Å². The predicted octanol–water partition coefficient (Wildman–Crippen LogP) is 4.34. The number of carbonyl (C=O) groups excluding carboxylic acids is 1. The Morgan fingerprint density at radius 3 is 2.30 bits per heavy atom. The number of benzene rings is 2. The van der Waals surface area contributed by atoms with Crippen LogP contribution in [0.2, 0.25) is 0 Å². The van der Waals surface area contributed by atoms with Gasteiger partial charge in [0.15, 0.2) is 6.61 Å². The Hall–Kier alpha value is -1.90. The normalized spacial score (nSPS) is 13.9. The van der Waals surface area contributed by atoms with Crippen LogP contribution in [-0.4, -0.2) is 27.0 Å². The van der Waals surface area contributed by atoms with Gasteiger partial charge in [0.2, 0.25) is 10.0 Å². The highest BCUT2D eigenvalue weighted by Crippen LogP contribution is 2.28. The number of ether oxygens (including phenoxy) is 1. The molecule has 0 bridgehead atoms. The zero-order valence-electron chi connectivity index (χ0n) is 17.4. The molecule has 0 heterocycles. The van der Waals surface area contributed by atoms with Crippen LogP contribution >= 0.6 is 15.9 Å². The molecule has 3 rings (SSSR count). The van der Waals surface area contributed by atoms with Crippen molar-refractivity contribution in [1.82, 2.24) is 4.72 Å². The zero-order valence-corrected chi connectivity index (χ0v) is 19.8. The summed E-state index contributed by atoms with van der Waals surface area (Å²) in [5.74, 6) is 0.228. The van der Waals surface area contributed by atoms with E-state index in [1.165, 1.54) is 6.07 Å². The summed E-state index contributed by atoms with van der Waals surface area (Å²) in [6.45, 7) is 5.70. The highest BCUT2D eigenvalue weighted by atomic mass is 79.9. The third kappa shape index (κ3) is 5.62. The molecule has 1 saturated carbocycles. The summed E-state index contributed by atoms with van der Waals surface area (Å²) in [5.41, 5.74) is 3.61. The van der Waals surface area contributed by atoms with Gasteiger partial charge in [-0.3, -0.25) is 4.79 Å². The van der Waals surface area contributed by atoms with Gasteiger partial charge in [0, 0.05) is 16.2 Å². The van der Waals surface area contributed by atoms with Crippen molar-refractivity contribution in [3.8, 4) is 5.75 Å². The monoisotopic (exact) mass is 494 g/mol.